The number of esters is 2. The van der Waals surface area contributed by atoms with Crippen molar-refractivity contribution in [1.82, 2.24) is 0 Å². The third kappa shape index (κ3) is 5.15. The van der Waals surface area contributed by atoms with E-state index in [4.69, 9.17) is 18.9 Å². The molecule has 2 atom stereocenters. The van der Waals surface area contributed by atoms with Gasteiger partial charge in [0.15, 0.2) is 0 Å². The van der Waals surface area contributed by atoms with Gasteiger partial charge >= 0.3 is 11.9 Å². The smallest absolute Gasteiger partial charge is 0.338 e. The van der Waals surface area contributed by atoms with Gasteiger partial charge in [-0.05, 0) is 41.8 Å². The maximum atomic E-state index is 11.9. The number of hydrogen-bond acceptors (Lipinski definition) is 6. The number of ether oxygens (including phenoxy) is 4. The van der Waals surface area contributed by atoms with Crippen LogP contribution in [0.2, 0.25) is 0 Å². The van der Waals surface area contributed by atoms with E-state index in [1.165, 1.54) is 0 Å². The first-order valence-electron chi connectivity index (χ1n) is 8.93. The van der Waals surface area contributed by atoms with Gasteiger partial charge in [0.2, 0.25) is 0 Å². The zero-order valence-corrected chi connectivity index (χ0v) is 14.8. The van der Waals surface area contributed by atoms with Crippen molar-refractivity contribution < 1.29 is 28.5 Å². The van der Waals surface area contributed by atoms with Crippen molar-refractivity contribution in [3.8, 4) is 0 Å². The molecule has 0 amide bonds. The van der Waals surface area contributed by atoms with Crippen LogP contribution in [0.5, 0.6) is 0 Å². The van der Waals surface area contributed by atoms with E-state index in [0.29, 0.717) is 44.0 Å². The first kappa shape index (κ1) is 17.7. The van der Waals surface area contributed by atoms with Gasteiger partial charge in [-0.25, -0.2) is 9.59 Å². The van der Waals surface area contributed by atoms with Crippen LogP contribution in [0.1, 0.15) is 31.8 Å². The first-order valence-corrected chi connectivity index (χ1v) is 8.93. The van der Waals surface area contributed by atoms with Crippen molar-refractivity contribution in [3.63, 3.8) is 0 Å². The first-order chi connectivity index (χ1) is 13.2. The van der Waals surface area contributed by atoms with Crippen LogP contribution in [0.3, 0.4) is 0 Å². The predicted octanol–water partition coefficient (Wildman–Crippen LogP) is 2.39. The molecule has 6 nitrogen and oxygen atoms in total. The Morgan fingerprint density at radius 2 is 1.11 bits per heavy atom. The fourth-order valence-electron chi connectivity index (χ4n) is 2.59. The molecule has 2 aliphatic rings. The van der Waals surface area contributed by atoms with Crippen LogP contribution in [-0.2, 0) is 25.4 Å². The zero-order chi connectivity index (χ0) is 18.6. The molecule has 2 aromatic carbocycles. The zero-order valence-electron chi connectivity index (χ0n) is 14.8. The van der Waals surface area contributed by atoms with E-state index < -0.39 is 0 Å². The molecule has 0 saturated carbocycles. The molecule has 0 aliphatic carbocycles. The van der Waals surface area contributed by atoms with Gasteiger partial charge in [-0.3, -0.25) is 0 Å². The standard InChI is InChI=1S/C21H20O6/c22-20(26-12-18-10-24-18)16-5-1-14(2-6-16)9-15-3-7-17(8-4-15)21(23)27-13-19-11-25-19/h1-8,18-19H,9-13H2. The molecular formula is C21H20O6. The normalized spacial score (nSPS) is 20.0. The Morgan fingerprint density at radius 1 is 0.741 bits per heavy atom. The van der Waals surface area contributed by atoms with Crippen molar-refractivity contribution in [2.45, 2.75) is 18.6 Å². The van der Waals surface area contributed by atoms with E-state index in [1.807, 2.05) is 24.3 Å². The van der Waals surface area contributed by atoms with Crippen LogP contribution in [0.15, 0.2) is 48.5 Å². The van der Waals surface area contributed by atoms with Gasteiger partial charge in [-0.2, -0.15) is 0 Å². The van der Waals surface area contributed by atoms with Gasteiger partial charge in [0.25, 0.3) is 0 Å². The van der Waals surface area contributed by atoms with Crippen molar-refractivity contribution in [1.29, 1.82) is 0 Å². The fourth-order valence-corrected chi connectivity index (χ4v) is 2.59. The second-order valence-electron chi connectivity index (χ2n) is 6.68. The average Bonchev–Trinajstić information content (AvgIpc) is 3.60. The van der Waals surface area contributed by atoms with Gasteiger partial charge in [0.05, 0.1) is 24.3 Å². The van der Waals surface area contributed by atoms with Gasteiger partial charge in [-0.1, -0.05) is 24.3 Å². The summed E-state index contributed by atoms with van der Waals surface area (Å²) in [5.41, 5.74) is 3.19. The van der Waals surface area contributed by atoms with Crippen LogP contribution in [-0.4, -0.2) is 50.6 Å². The molecule has 2 heterocycles. The number of rotatable bonds is 8. The molecular weight excluding hydrogens is 348 g/mol. The lowest BCUT2D eigenvalue weighted by molar-refractivity contribution is 0.0468. The van der Waals surface area contributed by atoms with E-state index in [9.17, 15) is 9.59 Å². The Bertz CT molecular complexity index is 734. The quantitative estimate of drug-likeness (QED) is 0.526. The number of epoxide rings is 2. The maximum Gasteiger partial charge on any atom is 0.338 e. The summed E-state index contributed by atoms with van der Waals surface area (Å²) in [7, 11) is 0. The highest BCUT2D eigenvalue weighted by Crippen LogP contribution is 2.15. The molecule has 2 unspecified atom stereocenters. The minimum atomic E-state index is -0.337. The average molecular weight is 368 g/mol. The highest BCUT2D eigenvalue weighted by Gasteiger charge is 2.25. The second kappa shape index (κ2) is 7.90. The van der Waals surface area contributed by atoms with E-state index in [0.717, 1.165) is 11.1 Å². The lowest BCUT2D eigenvalue weighted by Crippen LogP contribution is -2.10. The van der Waals surface area contributed by atoms with Gasteiger partial charge in [0.1, 0.15) is 25.4 Å². The van der Waals surface area contributed by atoms with E-state index in [-0.39, 0.29) is 24.1 Å². The molecule has 2 aliphatic heterocycles. The Balaban J connectivity index is 1.30. The van der Waals surface area contributed by atoms with Crippen LogP contribution >= 0.6 is 0 Å². The molecule has 140 valence electrons. The van der Waals surface area contributed by atoms with Crippen molar-refractivity contribution >= 4 is 11.9 Å². The topological polar surface area (TPSA) is 77.7 Å². The second-order valence-corrected chi connectivity index (χ2v) is 6.68. The molecule has 0 spiro atoms. The number of carbonyl (C=O) groups excluding carboxylic acids is 2. The lowest BCUT2D eigenvalue weighted by Gasteiger charge is -2.06. The molecule has 4 rings (SSSR count). The molecule has 6 heteroatoms. The molecule has 2 aromatic rings. The summed E-state index contributed by atoms with van der Waals surface area (Å²) in [6.07, 6.45) is 0.835. The monoisotopic (exact) mass is 368 g/mol. The van der Waals surface area contributed by atoms with Crippen molar-refractivity contribution in [2.75, 3.05) is 26.4 Å². The molecule has 0 bridgehead atoms. The third-order valence-electron chi connectivity index (χ3n) is 4.39. The van der Waals surface area contributed by atoms with Crippen LogP contribution in [0, 0.1) is 0 Å². The largest absolute Gasteiger partial charge is 0.459 e. The molecule has 0 aromatic heterocycles. The Labute approximate surface area is 157 Å². The third-order valence-corrected chi connectivity index (χ3v) is 4.39. The van der Waals surface area contributed by atoms with Crippen molar-refractivity contribution in [2.24, 2.45) is 0 Å². The fraction of sp³-hybridized carbons (Fsp3) is 0.333. The maximum absolute atomic E-state index is 11.9. The Morgan fingerprint density at radius 3 is 1.44 bits per heavy atom. The molecule has 2 fully saturated rings. The Kier molecular flexibility index (Phi) is 5.18. The van der Waals surface area contributed by atoms with Gasteiger partial charge < -0.3 is 18.9 Å². The summed E-state index contributed by atoms with van der Waals surface area (Å²) in [6.45, 7) is 1.95. The van der Waals surface area contributed by atoms with Gasteiger partial charge in [0, 0.05) is 0 Å². The molecule has 0 N–H and O–H groups in total. The summed E-state index contributed by atoms with van der Waals surface area (Å²) < 4.78 is 20.4. The van der Waals surface area contributed by atoms with E-state index >= 15 is 0 Å². The SMILES string of the molecule is O=C(OCC1CO1)c1ccc(Cc2ccc(C(=O)OCC3CO3)cc2)cc1. The number of carbonyl (C=O) groups is 2. The van der Waals surface area contributed by atoms with Crippen molar-refractivity contribution in [3.05, 3.63) is 70.8 Å². The van der Waals surface area contributed by atoms with E-state index in [1.54, 1.807) is 24.3 Å². The summed E-state index contributed by atoms with van der Waals surface area (Å²) in [5, 5.41) is 0. The summed E-state index contributed by atoms with van der Waals surface area (Å²) in [6, 6.07) is 14.7. The highest BCUT2D eigenvalue weighted by molar-refractivity contribution is 5.90. The minimum Gasteiger partial charge on any atom is -0.459 e. The number of hydrogen-bond donors (Lipinski definition) is 0. The lowest BCUT2D eigenvalue weighted by atomic mass is 10.0. The van der Waals surface area contributed by atoms with Crippen LogP contribution in [0.4, 0.5) is 0 Å². The van der Waals surface area contributed by atoms with E-state index in [2.05, 4.69) is 0 Å². The summed E-state index contributed by atoms with van der Waals surface area (Å²) in [5.74, 6) is -0.673. The molecule has 27 heavy (non-hydrogen) atoms. The molecule has 2 saturated heterocycles. The predicted molar refractivity (Wildman–Crippen MR) is 95.7 cm³/mol. The summed E-state index contributed by atoms with van der Waals surface area (Å²) in [4.78, 5) is 23.8. The highest BCUT2D eigenvalue weighted by atomic mass is 16.6. The Hall–Kier alpha value is -2.70. The number of benzene rings is 2. The minimum absolute atomic E-state index is 0.0653. The van der Waals surface area contributed by atoms with Gasteiger partial charge in [-0.15, -0.1) is 0 Å². The van der Waals surface area contributed by atoms with Crippen LogP contribution < -0.4 is 0 Å². The van der Waals surface area contributed by atoms with Crippen LogP contribution in [0.25, 0.3) is 0 Å². The summed E-state index contributed by atoms with van der Waals surface area (Å²) >= 11 is 0. The molecule has 0 radical (unpaired) electrons.